The summed E-state index contributed by atoms with van der Waals surface area (Å²) in [4.78, 5) is 133. The third-order valence-electron chi connectivity index (χ3n) is 19.2. The number of anilines is 2. The fourth-order valence-electron chi connectivity index (χ4n) is 13.4. The van der Waals surface area contributed by atoms with Crippen molar-refractivity contribution in [3.8, 4) is 23.0 Å². The summed E-state index contributed by atoms with van der Waals surface area (Å²) in [7, 11) is 1.29. The van der Waals surface area contributed by atoms with E-state index in [1.54, 1.807) is 23.3 Å². The first-order chi connectivity index (χ1) is 53.4. The quantitative estimate of drug-likeness (QED) is 0.0147. The Hall–Kier alpha value is -10.8. The van der Waals surface area contributed by atoms with Crippen molar-refractivity contribution in [3.05, 3.63) is 144 Å². The number of H-pyrrole nitrogens is 1. The molecule has 0 spiro atoms. The van der Waals surface area contributed by atoms with Crippen molar-refractivity contribution in [2.45, 2.75) is 138 Å². The van der Waals surface area contributed by atoms with Crippen LogP contribution in [0.4, 0.5) is 22.1 Å². The van der Waals surface area contributed by atoms with Crippen LogP contribution in [-0.2, 0) is 60.5 Å². The molecule has 111 heavy (non-hydrogen) atoms. The lowest BCUT2D eigenvalue weighted by atomic mass is 9.73. The molecule has 13 atom stereocenters. The summed E-state index contributed by atoms with van der Waals surface area (Å²) < 4.78 is 52.3. The van der Waals surface area contributed by atoms with Gasteiger partial charge < -0.3 is 116 Å². The summed E-state index contributed by atoms with van der Waals surface area (Å²) in [5.41, 5.74) is 10.9. The Kier molecular flexibility index (Phi) is 26.9. The second kappa shape index (κ2) is 36.8. The number of aliphatic carboxylic acids is 1. The van der Waals surface area contributed by atoms with Gasteiger partial charge in [-0.2, -0.15) is 4.98 Å². The first-order valence-corrected chi connectivity index (χ1v) is 35.4. The number of nitrogens with two attached hydrogens (primary N) is 1. The number of ether oxygens (including phenoxy) is 9. The number of fused-ring (bicyclic) bond motifs is 4. The Morgan fingerprint density at radius 1 is 0.829 bits per heavy atom. The van der Waals surface area contributed by atoms with Gasteiger partial charge in [0.1, 0.15) is 66.2 Å². The van der Waals surface area contributed by atoms with E-state index in [1.807, 2.05) is 0 Å². The van der Waals surface area contributed by atoms with Crippen LogP contribution in [0.5, 0.6) is 23.0 Å². The number of nitrogens with zero attached hydrogens (tertiary/aromatic N) is 5. The molecule has 4 aromatic carbocycles. The fraction of sp³-hybridized carbons (Fsp3) is 0.458. The molecule has 11 rings (SSSR count). The van der Waals surface area contributed by atoms with Crippen LogP contribution < -0.4 is 47.7 Å². The van der Waals surface area contributed by atoms with Crippen molar-refractivity contribution < 1.29 is 122 Å². The normalized spacial score (nSPS) is 22.5. The molecule has 2 saturated heterocycles. The van der Waals surface area contributed by atoms with E-state index in [-0.39, 0.29) is 172 Å². The number of aliphatic hydroxyl groups excluding tert-OH is 6. The number of carboxylic acid groups (broad SMARTS) is 1. The van der Waals surface area contributed by atoms with Gasteiger partial charge in [0, 0.05) is 78.0 Å². The zero-order valence-electron chi connectivity index (χ0n) is 59.8. The first kappa shape index (κ1) is 81.2. The number of aliphatic hydroxyl groups is 6. The molecule has 7 unspecified atom stereocenters. The lowest BCUT2D eigenvalue weighted by Gasteiger charge is -2.41. The monoisotopic (exact) mass is 1550 g/mol. The molecule has 2 fully saturated rings. The summed E-state index contributed by atoms with van der Waals surface area (Å²) in [5.74, 6) is -7.24. The number of hydrazine groups is 2. The molecule has 5 heterocycles. The van der Waals surface area contributed by atoms with E-state index in [9.17, 15) is 89.2 Å². The molecule has 594 valence electrons. The lowest BCUT2D eigenvalue weighted by Crippen LogP contribution is -2.60. The maximum Gasteiger partial charge on any atom is 0.408 e. The number of amides is 2. The number of carbonyl (C=O) groups excluding carboxylic acids is 6. The lowest BCUT2D eigenvalue weighted by molar-refractivity contribution is -0.277. The second-order valence-electron chi connectivity index (χ2n) is 26.6. The van der Waals surface area contributed by atoms with Crippen LogP contribution in [0, 0.1) is 10.8 Å². The van der Waals surface area contributed by atoms with E-state index >= 15 is 0 Å². The highest BCUT2D eigenvalue weighted by molar-refractivity contribution is 6.31. The number of carbonyl (C=O) groups is 7. The zero-order chi connectivity index (χ0) is 79.3. The van der Waals surface area contributed by atoms with Gasteiger partial charge in [-0.3, -0.25) is 43.6 Å². The van der Waals surface area contributed by atoms with Crippen molar-refractivity contribution in [1.82, 2.24) is 46.5 Å². The number of phenolic OH excluding ortho intramolecular Hbond substituents is 2. The molecule has 2 aromatic heterocycles. The smallest absolute Gasteiger partial charge is 0.408 e. The summed E-state index contributed by atoms with van der Waals surface area (Å²) in [6.07, 6.45) is -14.4. The highest BCUT2D eigenvalue weighted by atomic mass is 16.7. The number of Topliss-reactive ketones (excluding diaryl/α,β-unsaturated/α-hetero) is 2. The largest absolute Gasteiger partial charge is 0.507 e. The number of hydrogen-bond donors (Lipinski definition) is 16. The number of aromatic nitrogens is 4. The van der Waals surface area contributed by atoms with Gasteiger partial charge in [0.05, 0.1) is 113 Å². The Morgan fingerprint density at radius 2 is 1.57 bits per heavy atom. The molecule has 0 radical (unpaired) electrons. The molecule has 39 nitrogen and oxygen atoms in total. The number of alkyl carbamates (subject to hydrolysis) is 1. The number of nitrogen functional groups attached to an aromatic ring is 1. The molecule has 17 N–H and O–H groups in total. The van der Waals surface area contributed by atoms with Crippen molar-refractivity contribution >= 4 is 69.6 Å². The van der Waals surface area contributed by atoms with E-state index in [1.165, 1.54) is 68.8 Å². The molecule has 5 aliphatic rings. The summed E-state index contributed by atoms with van der Waals surface area (Å²) in [6, 6.07) is 12.1. The van der Waals surface area contributed by atoms with E-state index in [0.29, 0.717) is 17.1 Å². The number of hydrogen-bond acceptors (Lipinski definition) is 35. The molecule has 2 aliphatic carbocycles. The molecule has 6 aromatic rings. The Morgan fingerprint density at radius 3 is 2.29 bits per heavy atom. The molecule has 0 saturated carbocycles. The molecule has 3 aliphatic heterocycles. The van der Waals surface area contributed by atoms with Crippen molar-refractivity contribution in [3.63, 3.8) is 0 Å². The Bertz CT molecular complexity index is 4530. The predicted molar refractivity (Wildman–Crippen MR) is 381 cm³/mol. The van der Waals surface area contributed by atoms with Crippen LogP contribution in [0.15, 0.2) is 88.7 Å². The van der Waals surface area contributed by atoms with Crippen LogP contribution in [0.1, 0.15) is 129 Å². The number of nitrogens with one attached hydrogen (secondary N) is 6. The van der Waals surface area contributed by atoms with Gasteiger partial charge in [-0.1, -0.05) is 18.2 Å². The van der Waals surface area contributed by atoms with Gasteiger partial charge in [0.15, 0.2) is 40.6 Å². The molecular formula is C72H84N12O27. The van der Waals surface area contributed by atoms with Gasteiger partial charge in [-0.05, 0) is 85.8 Å². The minimum Gasteiger partial charge on any atom is -0.507 e. The standard InChI is InChI=1S/C72H84N12O27/c1-33-59(91)44(27-53(107-33)108-50-25-36(46(88)31-85)23-41-55(50)64(96)57-56(61(41)93)60(92)40-5-3-7-48(103-2)54(40)63(57)95)78-72(101)111-49(35-10-14-47(43(24-35)82-102)109-70-66(98)65(97)62(94)51(32-86)110-70)26-38-30-84(83-81-38)16-18-105-20-22-106-21-19-104-17-4-6-45(87)42(13-15-52(89)90)77-68(99)34-8-11-37(12-9-34)74-28-39-29-75-67-58(76-39)69(100)80-71(73)79-67/h3,5,7-12,14,24,29-30,33,36,42,44,49-51,53,59,62,65-66,70,74,81,83,85-86,91,93-94,96-98H,4,6,13,15-23,25-28,31-32H2,1-2H3,(H,77,99)(H,78,101)(H,89,90)(H3,73,75,79,80,100)/t33?,36?,42-,44?,49+,50-,51?,53?,59?,62-,65-,66?,70+/m0/s1. The number of aromatic amines is 1. The maximum atomic E-state index is 14.3. The minimum atomic E-state index is -1.86. The fourth-order valence-corrected chi connectivity index (χ4v) is 13.4. The number of carboxylic acids is 1. The number of rotatable bonds is 36. The third-order valence-corrected chi connectivity index (χ3v) is 19.2. The van der Waals surface area contributed by atoms with Crippen molar-refractivity contribution in [2.75, 3.05) is 77.6 Å². The molecule has 39 heteroatoms. The van der Waals surface area contributed by atoms with Gasteiger partial charge in [-0.15, -0.1) is 10.4 Å². The van der Waals surface area contributed by atoms with Crippen LogP contribution in [0.25, 0.3) is 11.2 Å². The van der Waals surface area contributed by atoms with E-state index in [2.05, 4.69) is 52.0 Å². The van der Waals surface area contributed by atoms with Crippen LogP contribution in [-0.4, -0.2) is 240 Å². The topological polar surface area (TPSA) is 575 Å². The number of benzene rings is 4. The first-order valence-electron chi connectivity index (χ1n) is 35.4. The molecule has 0 bridgehead atoms. The van der Waals surface area contributed by atoms with Gasteiger partial charge in [0.2, 0.25) is 18.0 Å². The molecule has 2 amide bonds. The zero-order valence-corrected chi connectivity index (χ0v) is 59.8. The van der Waals surface area contributed by atoms with Gasteiger partial charge in [0.25, 0.3) is 11.5 Å². The van der Waals surface area contributed by atoms with Crippen LogP contribution in [0.2, 0.25) is 0 Å². The number of nitroso groups, excluding NO2 is 1. The van der Waals surface area contributed by atoms with Crippen LogP contribution >= 0.6 is 0 Å². The van der Waals surface area contributed by atoms with Crippen LogP contribution in [0.3, 0.4) is 0 Å². The van der Waals surface area contributed by atoms with E-state index in [4.69, 9.17) is 48.4 Å². The average molecular weight is 1550 g/mol. The van der Waals surface area contributed by atoms with Gasteiger partial charge in [-0.25, -0.2) is 14.8 Å². The number of phenols is 2. The number of methoxy groups -OCH3 is 1. The summed E-state index contributed by atoms with van der Waals surface area (Å²) in [5, 5.41) is 109. The highest BCUT2D eigenvalue weighted by Crippen LogP contribution is 2.52. The third kappa shape index (κ3) is 19.2. The minimum absolute atomic E-state index is 0.0118. The summed E-state index contributed by atoms with van der Waals surface area (Å²) in [6.45, 7) is 1.25. The Balaban J connectivity index is 0.664. The number of aromatic hydroxyl groups is 2. The van der Waals surface area contributed by atoms with E-state index in [0.717, 1.165) is 0 Å². The molecular weight excluding hydrogens is 1460 g/mol. The second-order valence-corrected chi connectivity index (χ2v) is 26.6. The van der Waals surface area contributed by atoms with Crippen molar-refractivity contribution in [1.29, 1.82) is 0 Å². The van der Waals surface area contributed by atoms with E-state index < -0.39 is 162 Å². The average Bonchev–Trinajstić information content (AvgIpc) is 0.877. The van der Waals surface area contributed by atoms with Gasteiger partial charge >= 0.3 is 12.1 Å². The number of ketones is 4. The SMILES string of the molecule is COc1cccc2c1C(=O)c1c(O)c3c(c(O)c1C2=O)CC(C(=O)CO)C[C@@H]3OC1CC(NC(=O)O[C@H](CC2=CN(CCOCCOCCOCCCC(=O)[C@H](CCC(=O)O)NC(=O)c3ccc(NCc4cnc5nc(N)[nH]c(=O)c5n4)cc3)NN2)c2ccc(O[C@@H]3OC(CO)[C@H](O)[C@H](O)C3O)c(N=O)c2)C(O)C(C)O1. The highest BCUT2D eigenvalue weighted by Gasteiger charge is 2.48. The van der Waals surface area contributed by atoms with Crippen molar-refractivity contribution in [2.24, 2.45) is 11.1 Å². The Labute approximate surface area is 630 Å². The summed E-state index contributed by atoms with van der Waals surface area (Å²) >= 11 is 0. The maximum absolute atomic E-state index is 14.3. The predicted octanol–water partition coefficient (Wildman–Crippen LogP) is 0.811.